The Bertz CT molecular complexity index is 1710. The summed E-state index contributed by atoms with van der Waals surface area (Å²) in [5, 5.41) is 36.9. The molecule has 3 aromatic heterocycles. The van der Waals surface area contributed by atoms with E-state index < -0.39 is 17.8 Å². The first kappa shape index (κ1) is 23.6. The molecule has 180 valence electrons. The number of halogens is 3. The van der Waals surface area contributed by atoms with Crippen LogP contribution in [-0.4, -0.2) is 25.4 Å². The maximum atomic E-state index is 13.8. The SMILES string of the molecule is N#Cc1ccccc1C(Nc1cc(Cl)c2ncc(C#N)c(Nc3cnc(F)c(F)c3)c2c1)c1c[nH]nn1. The number of hydrogen-bond donors (Lipinski definition) is 3. The van der Waals surface area contributed by atoms with Crippen LogP contribution in [0.5, 0.6) is 0 Å². The zero-order valence-electron chi connectivity index (χ0n) is 18.7. The number of fused-ring (bicyclic) bond motifs is 1. The van der Waals surface area contributed by atoms with Crippen molar-refractivity contribution in [3.8, 4) is 12.1 Å². The zero-order chi connectivity index (χ0) is 25.9. The Morgan fingerprint density at radius 3 is 2.51 bits per heavy atom. The van der Waals surface area contributed by atoms with Gasteiger partial charge in [-0.05, 0) is 23.8 Å². The molecular weight excluding hydrogens is 500 g/mol. The van der Waals surface area contributed by atoms with Crippen LogP contribution in [-0.2, 0) is 0 Å². The topological polar surface area (TPSA) is 139 Å². The van der Waals surface area contributed by atoms with Crippen LogP contribution in [0.3, 0.4) is 0 Å². The third-order valence-electron chi connectivity index (χ3n) is 5.55. The molecule has 0 fully saturated rings. The molecule has 0 saturated carbocycles. The number of aromatic nitrogens is 5. The number of nitrogens with zero attached hydrogens (tertiary/aromatic N) is 6. The lowest BCUT2D eigenvalue weighted by atomic mass is 9.98. The summed E-state index contributed by atoms with van der Waals surface area (Å²) in [6, 6.07) is 15.0. The second-order valence-electron chi connectivity index (χ2n) is 7.81. The van der Waals surface area contributed by atoms with Crippen molar-refractivity contribution in [2.45, 2.75) is 6.04 Å². The standard InChI is InChI=1S/C25H14ClF2N9/c26-19-6-15(34-24(21-12-33-37-36-21)17-4-2-1-3-13(17)8-29)5-18-22(14(9-30)10-31-23(18)19)35-16-7-20(27)25(28)32-11-16/h1-7,10-12,24,34H,(H,31,35)(H,33,36,37). The molecule has 3 N–H and O–H groups in total. The van der Waals surface area contributed by atoms with Crippen LogP contribution in [0.2, 0.25) is 5.02 Å². The van der Waals surface area contributed by atoms with E-state index >= 15 is 0 Å². The Balaban J connectivity index is 1.64. The van der Waals surface area contributed by atoms with Gasteiger partial charge in [-0.2, -0.15) is 14.9 Å². The van der Waals surface area contributed by atoms with Gasteiger partial charge in [0, 0.05) is 29.5 Å². The van der Waals surface area contributed by atoms with Crippen LogP contribution in [0, 0.1) is 34.4 Å². The molecular formula is C25H14ClF2N9. The average molecular weight is 514 g/mol. The van der Waals surface area contributed by atoms with Crippen molar-refractivity contribution in [2.75, 3.05) is 10.6 Å². The van der Waals surface area contributed by atoms with E-state index in [-0.39, 0.29) is 22.0 Å². The molecule has 5 aromatic rings. The first-order valence-electron chi connectivity index (χ1n) is 10.7. The number of H-pyrrole nitrogens is 1. The molecule has 0 bridgehead atoms. The van der Waals surface area contributed by atoms with Crippen LogP contribution in [0.1, 0.15) is 28.4 Å². The average Bonchev–Trinajstić information content (AvgIpc) is 3.44. The number of rotatable bonds is 6. The summed E-state index contributed by atoms with van der Waals surface area (Å²) in [4.78, 5) is 7.68. The van der Waals surface area contributed by atoms with Crippen LogP contribution < -0.4 is 10.6 Å². The quantitative estimate of drug-likeness (QED) is 0.257. The second kappa shape index (κ2) is 9.85. The summed E-state index contributed by atoms with van der Waals surface area (Å²) in [6.45, 7) is 0. The van der Waals surface area contributed by atoms with Crippen molar-refractivity contribution in [3.63, 3.8) is 0 Å². The molecule has 9 nitrogen and oxygen atoms in total. The van der Waals surface area contributed by atoms with Crippen molar-refractivity contribution in [3.05, 3.63) is 100 Å². The Labute approximate surface area is 213 Å². The summed E-state index contributed by atoms with van der Waals surface area (Å²) >= 11 is 6.57. The summed E-state index contributed by atoms with van der Waals surface area (Å²) < 4.78 is 27.1. The molecule has 5 rings (SSSR count). The Morgan fingerprint density at radius 2 is 1.78 bits per heavy atom. The number of benzene rings is 2. The van der Waals surface area contributed by atoms with E-state index in [1.807, 2.05) is 6.07 Å². The minimum Gasteiger partial charge on any atom is -0.373 e. The number of nitriles is 2. The van der Waals surface area contributed by atoms with E-state index in [2.05, 4.69) is 42.1 Å². The predicted octanol–water partition coefficient (Wildman–Crippen LogP) is 5.37. The van der Waals surface area contributed by atoms with Gasteiger partial charge in [0.25, 0.3) is 0 Å². The van der Waals surface area contributed by atoms with E-state index in [9.17, 15) is 19.3 Å². The number of hydrogen-bond acceptors (Lipinski definition) is 8. The minimum atomic E-state index is -1.24. The van der Waals surface area contributed by atoms with Gasteiger partial charge in [-0.25, -0.2) is 9.37 Å². The van der Waals surface area contributed by atoms with Gasteiger partial charge in [-0.1, -0.05) is 35.0 Å². The molecule has 0 aliphatic rings. The van der Waals surface area contributed by atoms with Crippen molar-refractivity contribution in [1.29, 1.82) is 10.5 Å². The molecule has 0 saturated heterocycles. The highest BCUT2D eigenvalue weighted by Gasteiger charge is 2.21. The number of nitrogens with one attached hydrogen (secondary N) is 3. The zero-order valence-corrected chi connectivity index (χ0v) is 19.4. The number of pyridine rings is 2. The lowest BCUT2D eigenvalue weighted by Gasteiger charge is -2.20. The smallest absolute Gasteiger partial charge is 0.249 e. The van der Waals surface area contributed by atoms with E-state index in [0.29, 0.717) is 33.4 Å². The van der Waals surface area contributed by atoms with Crippen LogP contribution in [0.25, 0.3) is 10.9 Å². The molecule has 0 radical (unpaired) electrons. The van der Waals surface area contributed by atoms with E-state index in [1.165, 1.54) is 6.20 Å². The fraction of sp³-hybridized carbons (Fsp3) is 0.0400. The van der Waals surface area contributed by atoms with Crippen molar-refractivity contribution in [1.82, 2.24) is 25.4 Å². The fourth-order valence-electron chi connectivity index (χ4n) is 3.88. The van der Waals surface area contributed by atoms with E-state index in [4.69, 9.17) is 11.6 Å². The molecule has 1 atom stereocenters. The maximum absolute atomic E-state index is 13.8. The fourth-order valence-corrected chi connectivity index (χ4v) is 4.14. The Morgan fingerprint density at radius 1 is 0.973 bits per heavy atom. The number of aromatic amines is 1. The molecule has 0 aliphatic carbocycles. The highest BCUT2D eigenvalue weighted by molar-refractivity contribution is 6.36. The summed E-state index contributed by atoms with van der Waals surface area (Å²) in [7, 11) is 0. The monoisotopic (exact) mass is 513 g/mol. The third-order valence-corrected chi connectivity index (χ3v) is 5.83. The molecule has 3 heterocycles. The van der Waals surface area contributed by atoms with Crippen molar-refractivity contribution < 1.29 is 8.78 Å². The van der Waals surface area contributed by atoms with Gasteiger partial charge in [0.05, 0.1) is 51.3 Å². The lowest BCUT2D eigenvalue weighted by Crippen LogP contribution is -2.14. The molecule has 12 heteroatoms. The van der Waals surface area contributed by atoms with Gasteiger partial charge < -0.3 is 10.6 Å². The molecule has 37 heavy (non-hydrogen) atoms. The van der Waals surface area contributed by atoms with E-state index in [1.54, 1.807) is 42.6 Å². The second-order valence-corrected chi connectivity index (χ2v) is 8.22. The Hall–Kier alpha value is -5.13. The molecule has 1 unspecified atom stereocenters. The van der Waals surface area contributed by atoms with Crippen LogP contribution in [0.4, 0.5) is 25.8 Å². The van der Waals surface area contributed by atoms with Gasteiger partial charge in [-0.15, -0.1) is 5.10 Å². The molecule has 0 spiro atoms. The third kappa shape index (κ3) is 4.59. The Kier molecular flexibility index (Phi) is 6.29. The van der Waals surface area contributed by atoms with Gasteiger partial charge in [0.1, 0.15) is 11.8 Å². The highest BCUT2D eigenvalue weighted by atomic mass is 35.5. The van der Waals surface area contributed by atoms with Gasteiger partial charge >= 0.3 is 0 Å². The van der Waals surface area contributed by atoms with Gasteiger partial charge in [-0.3, -0.25) is 10.1 Å². The lowest BCUT2D eigenvalue weighted by molar-refractivity contribution is 0.480. The van der Waals surface area contributed by atoms with Crippen LogP contribution >= 0.6 is 11.6 Å². The largest absolute Gasteiger partial charge is 0.373 e. The first-order chi connectivity index (χ1) is 18.0. The predicted molar refractivity (Wildman–Crippen MR) is 132 cm³/mol. The van der Waals surface area contributed by atoms with Crippen molar-refractivity contribution in [2.24, 2.45) is 0 Å². The highest BCUT2D eigenvalue weighted by Crippen LogP contribution is 2.37. The molecule has 0 amide bonds. The molecule has 0 aliphatic heterocycles. The summed E-state index contributed by atoms with van der Waals surface area (Å²) in [6.07, 6.45) is 4.04. The summed E-state index contributed by atoms with van der Waals surface area (Å²) in [5.74, 6) is -2.38. The van der Waals surface area contributed by atoms with Gasteiger partial charge in [0.15, 0.2) is 5.82 Å². The molecule has 2 aromatic carbocycles. The maximum Gasteiger partial charge on any atom is 0.249 e. The van der Waals surface area contributed by atoms with E-state index in [0.717, 1.165) is 12.3 Å². The summed E-state index contributed by atoms with van der Waals surface area (Å²) in [5.41, 5.74) is 3.06. The number of anilines is 3. The van der Waals surface area contributed by atoms with Crippen molar-refractivity contribution >= 4 is 39.6 Å². The first-order valence-corrected chi connectivity index (χ1v) is 11.1. The van der Waals surface area contributed by atoms with Gasteiger partial charge in [0.2, 0.25) is 5.95 Å². The normalized spacial score (nSPS) is 11.5. The minimum absolute atomic E-state index is 0.126. The van der Waals surface area contributed by atoms with Crippen LogP contribution in [0.15, 0.2) is 61.1 Å².